The summed E-state index contributed by atoms with van der Waals surface area (Å²) in [6.07, 6.45) is 1.07. The molecule has 20 heavy (non-hydrogen) atoms. The molecule has 2 aromatic rings. The number of benzene rings is 1. The fourth-order valence-corrected chi connectivity index (χ4v) is 3.69. The highest BCUT2D eigenvalue weighted by Crippen LogP contribution is 2.30. The van der Waals surface area contributed by atoms with Gasteiger partial charge in [0, 0.05) is 34.9 Å². The predicted octanol–water partition coefficient (Wildman–Crippen LogP) is 4.60. The normalized spacial score (nSPS) is 14.1. The molecule has 0 amide bonds. The molecule has 2 N–H and O–H groups in total. The Labute approximate surface area is 133 Å². The monoisotopic (exact) mass is 352 g/mol. The van der Waals surface area contributed by atoms with E-state index in [9.17, 15) is 0 Å². The number of halogens is 1. The third kappa shape index (κ3) is 3.62. The van der Waals surface area contributed by atoms with Crippen LogP contribution in [-0.2, 0) is 6.42 Å². The van der Waals surface area contributed by atoms with E-state index in [0.717, 1.165) is 16.5 Å². The standard InChI is InChI=1S/C16H21BrN2S/c1-11(9-14-5-4-8-20-14)19(3)16-7-6-13(12(2)18)10-15(16)17/h4-8,10-12H,9,18H2,1-3H3/t11?,12-/m1/s1. The fourth-order valence-electron chi connectivity index (χ4n) is 2.19. The van der Waals surface area contributed by atoms with Crippen molar-refractivity contribution in [3.63, 3.8) is 0 Å². The molecule has 108 valence electrons. The second-order valence-corrected chi connectivity index (χ2v) is 7.13. The minimum absolute atomic E-state index is 0.0641. The zero-order valence-corrected chi connectivity index (χ0v) is 14.5. The van der Waals surface area contributed by atoms with E-state index < -0.39 is 0 Å². The van der Waals surface area contributed by atoms with Crippen molar-refractivity contribution >= 4 is 33.0 Å². The van der Waals surface area contributed by atoms with Crippen LogP contribution in [-0.4, -0.2) is 13.1 Å². The third-order valence-corrected chi connectivity index (χ3v) is 5.15. The summed E-state index contributed by atoms with van der Waals surface area (Å²) in [6.45, 7) is 4.26. The molecule has 0 saturated carbocycles. The van der Waals surface area contributed by atoms with E-state index in [0.29, 0.717) is 6.04 Å². The topological polar surface area (TPSA) is 29.3 Å². The van der Waals surface area contributed by atoms with Crippen molar-refractivity contribution in [3.8, 4) is 0 Å². The van der Waals surface area contributed by atoms with Gasteiger partial charge in [-0.05, 0) is 58.9 Å². The lowest BCUT2D eigenvalue weighted by Crippen LogP contribution is -2.30. The first-order chi connectivity index (χ1) is 9.49. The summed E-state index contributed by atoms with van der Waals surface area (Å²) in [5, 5.41) is 2.13. The van der Waals surface area contributed by atoms with Gasteiger partial charge in [0.1, 0.15) is 0 Å². The Morgan fingerprint density at radius 2 is 2.05 bits per heavy atom. The summed E-state index contributed by atoms with van der Waals surface area (Å²) in [6, 6.07) is 11.2. The Morgan fingerprint density at radius 3 is 2.60 bits per heavy atom. The van der Waals surface area contributed by atoms with Crippen LogP contribution in [0.3, 0.4) is 0 Å². The third-order valence-electron chi connectivity index (χ3n) is 3.62. The van der Waals surface area contributed by atoms with E-state index >= 15 is 0 Å². The molecule has 0 spiro atoms. The van der Waals surface area contributed by atoms with E-state index in [1.54, 1.807) is 0 Å². The summed E-state index contributed by atoms with van der Waals surface area (Å²) in [5.41, 5.74) is 8.29. The molecule has 1 unspecified atom stereocenters. The van der Waals surface area contributed by atoms with Gasteiger partial charge in [0.15, 0.2) is 0 Å². The van der Waals surface area contributed by atoms with Crippen molar-refractivity contribution in [1.82, 2.24) is 0 Å². The van der Waals surface area contributed by atoms with Gasteiger partial charge in [0.05, 0.1) is 5.69 Å². The number of nitrogens with two attached hydrogens (primary N) is 1. The zero-order chi connectivity index (χ0) is 14.7. The zero-order valence-electron chi connectivity index (χ0n) is 12.1. The highest BCUT2D eigenvalue weighted by Gasteiger charge is 2.14. The fraction of sp³-hybridized carbons (Fsp3) is 0.375. The molecule has 1 aromatic heterocycles. The summed E-state index contributed by atoms with van der Waals surface area (Å²) in [5.74, 6) is 0. The van der Waals surface area contributed by atoms with Crippen LogP contribution < -0.4 is 10.6 Å². The Kier molecular flexibility index (Phi) is 5.24. The van der Waals surface area contributed by atoms with Gasteiger partial charge in [-0.1, -0.05) is 12.1 Å². The minimum Gasteiger partial charge on any atom is -0.371 e. The smallest absolute Gasteiger partial charge is 0.0510 e. The number of hydrogen-bond acceptors (Lipinski definition) is 3. The molecule has 2 nitrogen and oxygen atoms in total. The summed E-state index contributed by atoms with van der Waals surface area (Å²) in [4.78, 5) is 3.74. The molecule has 0 saturated heterocycles. The molecule has 0 aliphatic heterocycles. The van der Waals surface area contributed by atoms with Gasteiger partial charge in [0.25, 0.3) is 0 Å². The van der Waals surface area contributed by atoms with E-state index in [4.69, 9.17) is 5.73 Å². The van der Waals surface area contributed by atoms with Crippen LogP contribution in [0.25, 0.3) is 0 Å². The lowest BCUT2D eigenvalue weighted by Gasteiger charge is -2.28. The second kappa shape index (κ2) is 6.74. The second-order valence-electron chi connectivity index (χ2n) is 5.24. The molecule has 1 aromatic carbocycles. The highest BCUT2D eigenvalue weighted by molar-refractivity contribution is 9.10. The molecule has 2 rings (SSSR count). The van der Waals surface area contributed by atoms with Crippen molar-refractivity contribution in [2.24, 2.45) is 5.73 Å². The predicted molar refractivity (Wildman–Crippen MR) is 92.6 cm³/mol. The summed E-state index contributed by atoms with van der Waals surface area (Å²) in [7, 11) is 2.14. The first-order valence-electron chi connectivity index (χ1n) is 6.79. The molecule has 0 fully saturated rings. The summed E-state index contributed by atoms with van der Waals surface area (Å²) < 4.78 is 1.10. The maximum Gasteiger partial charge on any atom is 0.0510 e. The molecule has 2 atom stereocenters. The molecule has 0 aliphatic carbocycles. The minimum atomic E-state index is 0.0641. The summed E-state index contributed by atoms with van der Waals surface area (Å²) >= 11 is 5.49. The van der Waals surface area contributed by atoms with Crippen molar-refractivity contribution in [3.05, 3.63) is 50.6 Å². The number of hydrogen-bond donors (Lipinski definition) is 1. The quantitative estimate of drug-likeness (QED) is 0.851. The number of anilines is 1. The SMILES string of the molecule is CC(Cc1cccs1)N(C)c1ccc([C@@H](C)N)cc1Br. The van der Waals surface area contributed by atoms with Gasteiger partial charge in [0.2, 0.25) is 0 Å². The molecule has 0 radical (unpaired) electrons. The number of nitrogens with zero attached hydrogens (tertiary/aromatic N) is 1. The van der Waals surface area contributed by atoms with Gasteiger partial charge >= 0.3 is 0 Å². The van der Waals surface area contributed by atoms with Crippen molar-refractivity contribution in [2.75, 3.05) is 11.9 Å². The Balaban J connectivity index is 2.14. The molecule has 0 aliphatic rings. The van der Waals surface area contributed by atoms with Crippen LogP contribution in [0, 0.1) is 0 Å². The van der Waals surface area contributed by atoms with E-state index in [1.807, 2.05) is 18.3 Å². The molecule has 0 bridgehead atoms. The Morgan fingerprint density at radius 1 is 1.30 bits per heavy atom. The molecular weight excluding hydrogens is 332 g/mol. The van der Waals surface area contributed by atoms with Crippen molar-refractivity contribution in [2.45, 2.75) is 32.4 Å². The van der Waals surface area contributed by atoms with Crippen molar-refractivity contribution < 1.29 is 0 Å². The maximum absolute atomic E-state index is 5.93. The van der Waals surface area contributed by atoms with Gasteiger partial charge in [-0.3, -0.25) is 0 Å². The average Bonchev–Trinajstić information content (AvgIpc) is 2.90. The Bertz CT molecular complexity index is 552. The van der Waals surface area contributed by atoms with Crippen LogP contribution in [0.5, 0.6) is 0 Å². The van der Waals surface area contributed by atoms with Crippen molar-refractivity contribution in [1.29, 1.82) is 0 Å². The molecular formula is C16H21BrN2S. The largest absolute Gasteiger partial charge is 0.371 e. The average molecular weight is 353 g/mol. The molecule has 4 heteroatoms. The van der Waals surface area contributed by atoms with E-state index in [-0.39, 0.29) is 6.04 Å². The van der Waals surface area contributed by atoms with E-state index in [2.05, 4.69) is 70.5 Å². The van der Waals surface area contributed by atoms with Crippen LogP contribution in [0.15, 0.2) is 40.2 Å². The number of rotatable bonds is 5. The van der Waals surface area contributed by atoms with Gasteiger partial charge < -0.3 is 10.6 Å². The van der Waals surface area contributed by atoms with Gasteiger partial charge in [-0.15, -0.1) is 11.3 Å². The maximum atomic E-state index is 5.93. The van der Waals surface area contributed by atoms with Crippen LogP contribution in [0.4, 0.5) is 5.69 Å². The van der Waals surface area contributed by atoms with Gasteiger partial charge in [-0.2, -0.15) is 0 Å². The van der Waals surface area contributed by atoms with Crippen LogP contribution in [0.2, 0.25) is 0 Å². The lowest BCUT2D eigenvalue weighted by atomic mass is 10.1. The Hall–Kier alpha value is -0.840. The molecule has 1 heterocycles. The highest BCUT2D eigenvalue weighted by atomic mass is 79.9. The number of thiophene rings is 1. The van der Waals surface area contributed by atoms with E-state index in [1.165, 1.54) is 10.6 Å². The number of likely N-dealkylation sites (N-methyl/N-ethyl adjacent to an activating group) is 1. The first-order valence-corrected chi connectivity index (χ1v) is 8.46. The lowest BCUT2D eigenvalue weighted by molar-refractivity contribution is 0.687. The van der Waals surface area contributed by atoms with Crippen LogP contribution in [0.1, 0.15) is 30.3 Å². The van der Waals surface area contributed by atoms with Gasteiger partial charge in [-0.25, -0.2) is 0 Å². The van der Waals surface area contributed by atoms with Crippen LogP contribution >= 0.6 is 27.3 Å². The first kappa shape index (κ1) is 15.5.